The van der Waals surface area contributed by atoms with E-state index in [0.717, 1.165) is 0 Å². The number of halogens is 1. The molecule has 102 valence electrons. The van der Waals surface area contributed by atoms with Crippen LogP contribution < -0.4 is 5.30 Å². The molecule has 0 saturated heterocycles. The summed E-state index contributed by atoms with van der Waals surface area (Å²) in [6, 6.07) is 11.0. The first-order chi connectivity index (χ1) is 8.20. The molecule has 3 heteroatoms. The molecule has 0 aliphatic rings. The molecule has 0 aliphatic heterocycles. The van der Waals surface area contributed by atoms with E-state index in [1.54, 1.807) is 5.30 Å². The third-order valence-electron chi connectivity index (χ3n) is 3.03. The van der Waals surface area contributed by atoms with Crippen LogP contribution in [0.4, 0.5) is 0 Å². The second kappa shape index (κ2) is 6.95. The van der Waals surface area contributed by atoms with Gasteiger partial charge in [0, 0.05) is 0 Å². The molecule has 1 aromatic rings. The van der Waals surface area contributed by atoms with Gasteiger partial charge in [0.25, 0.3) is 0 Å². The van der Waals surface area contributed by atoms with Gasteiger partial charge in [-0.1, -0.05) is 0 Å². The van der Waals surface area contributed by atoms with E-state index in [2.05, 4.69) is 61.0 Å². The van der Waals surface area contributed by atoms with Gasteiger partial charge in [0.2, 0.25) is 0 Å². The Bertz CT molecular complexity index is 351. The minimum atomic E-state index is -2.09. The fourth-order valence-electron chi connectivity index (χ4n) is 2.12. The van der Waals surface area contributed by atoms with Gasteiger partial charge in [-0.05, 0) is 0 Å². The van der Waals surface area contributed by atoms with Gasteiger partial charge in [-0.15, -0.1) is 0 Å². The Hall–Kier alpha value is 0.739. The molecular formula is C15H26ClPSn. The zero-order valence-electron chi connectivity index (χ0n) is 12.3. The van der Waals surface area contributed by atoms with Crippen molar-refractivity contribution in [2.45, 2.75) is 46.7 Å². The minimum absolute atomic E-state index is 0.0749. The van der Waals surface area contributed by atoms with Gasteiger partial charge in [0.1, 0.15) is 0 Å². The molecule has 18 heavy (non-hydrogen) atoms. The molecule has 0 heterocycles. The molecule has 0 radical (unpaired) electrons. The SMILES string of the molecule is CC(C)(C)P(CC[CH2][Sn]([CH3])([CH3])[Cl])c1ccccc1. The fraction of sp³-hybridized carbons (Fsp3) is 0.600. The van der Waals surface area contributed by atoms with Gasteiger partial charge in [-0.2, -0.15) is 0 Å². The molecule has 0 aromatic heterocycles. The number of hydrogen-bond acceptors (Lipinski definition) is 0. The summed E-state index contributed by atoms with van der Waals surface area (Å²) in [4.78, 5) is 4.64. The predicted molar refractivity (Wildman–Crippen MR) is 90.4 cm³/mol. The Morgan fingerprint density at radius 1 is 1.11 bits per heavy atom. The molecule has 0 aliphatic carbocycles. The molecule has 0 fully saturated rings. The van der Waals surface area contributed by atoms with Gasteiger partial charge in [0.15, 0.2) is 0 Å². The van der Waals surface area contributed by atoms with Crippen LogP contribution in [-0.2, 0) is 0 Å². The van der Waals surface area contributed by atoms with Gasteiger partial charge < -0.3 is 0 Å². The second-order valence-corrected chi connectivity index (χ2v) is 27.7. The van der Waals surface area contributed by atoms with E-state index < -0.39 is 17.3 Å². The van der Waals surface area contributed by atoms with E-state index >= 15 is 0 Å². The summed E-state index contributed by atoms with van der Waals surface area (Å²) in [6.07, 6.45) is 2.64. The first-order valence-corrected chi connectivity index (χ1v) is 19.6. The Labute approximate surface area is 122 Å². The summed E-state index contributed by atoms with van der Waals surface area (Å²) in [5.74, 6) is 0. The molecule has 0 N–H and O–H groups in total. The summed E-state index contributed by atoms with van der Waals surface area (Å²) in [5.41, 5.74) is 0. The van der Waals surface area contributed by atoms with Gasteiger partial charge >= 0.3 is 123 Å². The van der Waals surface area contributed by atoms with E-state index in [-0.39, 0.29) is 7.92 Å². The molecule has 1 aromatic carbocycles. The predicted octanol–water partition coefficient (Wildman–Crippen LogP) is 5.43. The van der Waals surface area contributed by atoms with E-state index in [1.807, 2.05) is 0 Å². The zero-order chi connectivity index (χ0) is 13.8. The maximum atomic E-state index is 6.49. The van der Waals surface area contributed by atoms with Crippen molar-refractivity contribution >= 4 is 39.4 Å². The van der Waals surface area contributed by atoms with E-state index in [1.165, 1.54) is 17.0 Å². The molecule has 0 amide bonds. The molecule has 1 rings (SSSR count). The molecule has 0 saturated carbocycles. The van der Waals surface area contributed by atoms with Crippen LogP contribution in [0.1, 0.15) is 27.2 Å². The number of rotatable bonds is 5. The van der Waals surface area contributed by atoms with Crippen molar-refractivity contribution in [1.29, 1.82) is 0 Å². The van der Waals surface area contributed by atoms with Crippen LogP contribution in [0.2, 0.25) is 14.3 Å². The summed E-state index contributed by atoms with van der Waals surface area (Å²) in [5, 5.41) is 1.94. The van der Waals surface area contributed by atoms with Gasteiger partial charge in [-0.25, -0.2) is 0 Å². The number of benzene rings is 1. The second-order valence-electron chi connectivity index (χ2n) is 6.48. The zero-order valence-corrected chi connectivity index (χ0v) is 16.8. The van der Waals surface area contributed by atoms with Crippen LogP contribution in [-0.4, -0.2) is 28.6 Å². The van der Waals surface area contributed by atoms with Crippen LogP contribution in [0.25, 0.3) is 0 Å². The summed E-state index contributed by atoms with van der Waals surface area (Å²) in [7, 11) is 6.42. The molecule has 1 atom stereocenters. The van der Waals surface area contributed by atoms with E-state index in [9.17, 15) is 0 Å². The first kappa shape index (κ1) is 16.8. The normalized spacial score (nSPS) is 14.6. The summed E-state index contributed by atoms with van der Waals surface area (Å²) >= 11 is -2.09. The Balaban J connectivity index is 2.70. The van der Waals surface area contributed by atoms with E-state index in [4.69, 9.17) is 8.92 Å². The van der Waals surface area contributed by atoms with Crippen molar-refractivity contribution in [2.75, 3.05) is 6.16 Å². The third kappa shape index (κ3) is 6.26. The number of hydrogen-bond donors (Lipinski definition) is 0. The van der Waals surface area contributed by atoms with Crippen molar-refractivity contribution in [3.63, 3.8) is 0 Å². The standard InChI is InChI=1S/C13H20P.2CH3.ClH.Sn/c1-5-11-14(13(2,3)4)12-9-7-6-8-10-12;;;;/h6-10H,1,5,11H2,2-4H3;2*1H3;1H;/q;;;;+1/p-1. The van der Waals surface area contributed by atoms with Crippen LogP contribution in [0.15, 0.2) is 30.3 Å². The van der Waals surface area contributed by atoms with Crippen molar-refractivity contribution in [2.24, 2.45) is 0 Å². The Kier molecular flexibility index (Phi) is 6.49. The van der Waals surface area contributed by atoms with Crippen LogP contribution in [0.5, 0.6) is 0 Å². The van der Waals surface area contributed by atoms with Gasteiger partial charge in [-0.3, -0.25) is 0 Å². The third-order valence-corrected chi connectivity index (χ3v) is 12.0. The average Bonchev–Trinajstić information content (AvgIpc) is 2.22. The Morgan fingerprint density at radius 2 is 1.67 bits per heavy atom. The Morgan fingerprint density at radius 3 is 2.11 bits per heavy atom. The van der Waals surface area contributed by atoms with Crippen molar-refractivity contribution in [3.8, 4) is 0 Å². The molecule has 0 bridgehead atoms. The molecule has 0 spiro atoms. The van der Waals surface area contributed by atoms with Crippen molar-refractivity contribution in [1.82, 2.24) is 0 Å². The summed E-state index contributed by atoms with van der Waals surface area (Å²) < 4.78 is 1.30. The van der Waals surface area contributed by atoms with Crippen molar-refractivity contribution in [3.05, 3.63) is 30.3 Å². The molecule has 0 nitrogen and oxygen atoms in total. The van der Waals surface area contributed by atoms with Crippen molar-refractivity contribution < 1.29 is 0 Å². The van der Waals surface area contributed by atoms with Crippen LogP contribution in [0, 0.1) is 0 Å². The topological polar surface area (TPSA) is 0 Å². The quantitative estimate of drug-likeness (QED) is 0.464. The molecular weight excluding hydrogens is 365 g/mol. The summed E-state index contributed by atoms with van der Waals surface area (Å²) in [6.45, 7) is 7.13. The van der Waals surface area contributed by atoms with E-state index in [0.29, 0.717) is 5.16 Å². The first-order valence-electron chi connectivity index (χ1n) is 6.72. The van der Waals surface area contributed by atoms with Crippen LogP contribution in [0.3, 0.4) is 0 Å². The molecule has 1 unspecified atom stereocenters. The maximum absolute atomic E-state index is 6.49. The monoisotopic (exact) mass is 392 g/mol. The van der Waals surface area contributed by atoms with Crippen LogP contribution >= 0.6 is 16.8 Å². The van der Waals surface area contributed by atoms with Gasteiger partial charge in [0.05, 0.1) is 0 Å². The average molecular weight is 392 g/mol. The fourth-order valence-corrected chi connectivity index (χ4v) is 9.48.